The highest BCUT2D eigenvalue weighted by Gasteiger charge is 2.23. The summed E-state index contributed by atoms with van der Waals surface area (Å²) in [5.74, 6) is 0.670. The first-order valence-electron chi connectivity index (χ1n) is 8.20. The molecule has 0 atom stereocenters. The molecule has 0 unspecified atom stereocenters. The molecule has 0 amide bonds. The SMILES string of the molecule is Fc1ccc(-c2nn(-c3ccc(I)cc3)c3c2CCCCN3)c(Cl)c1. The second kappa shape index (κ2) is 6.96. The second-order valence-corrected chi connectivity index (χ2v) is 7.72. The van der Waals surface area contributed by atoms with Crippen LogP contribution in [0.15, 0.2) is 42.5 Å². The summed E-state index contributed by atoms with van der Waals surface area (Å²) in [6.45, 7) is 0.916. The lowest BCUT2D eigenvalue weighted by Crippen LogP contribution is -2.07. The number of halogens is 3. The van der Waals surface area contributed by atoms with E-state index in [0.29, 0.717) is 5.02 Å². The molecule has 2 heterocycles. The predicted octanol–water partition coefficient (Wildman–Crippen LogP) is 5.68. The molecule has 4 rings (SSSR count). The van der Waals surface area contributed by atoms with Crippen LogP contribution < -0.4 is 5.32 Å². The lowest BCUT2D eigenvalue weighted by Gasteiger charge is -2.09. The molecule has 0 fully saturated rings. The Bertz CT molecular complexity index is 921. The number of nitrogens with one attached hydrogen (secondary N) is 1. The molecule has 0 radical (unpaired) electrons. The van der Waals surface area contributed by atoms with Crippen LogP contribution in [0.5, 0.6) is 0 Å². The van der Waals surface area contributed by atoms with E-state index in [9.17, 15) is 4.39 Å². The Morgan fingerprint density at radius 3 is 2.68 bits per heavy atom. The standard InChI is InChI=1S/C19H16ClFIN3/c20-17-11-12(21)4-9-15(17)18-16-3-1-2-10-23-19(16)25(24-18)14-7-5-13(22)6-8-14/h4-9,11,23H,1-3,10H2. The van der Waals surface area contributed by atoms with Crippen LogP contribution in [0.2, 0.25) is 5.02 Å². The van der Waals surface area contributed by atoms with Crippen LogP contribution in [-0.2, 0) is 6.42 Å². The second-order valence-electron chi connectivity index (χ2n) is 6.07. The zero-order chi connectivity index (χ0) is 17.4. The van der Waals surface area contributed by atoms with E-state index < -0.39 is 0 Å². The Hall–Kier alpha value is -1.60. The average Bonchev–Trinajstić information content (AvgIpc) is 2.78. The van der Waals surface area contributed by atoms with Crippen molar-refractivity contribution in [2.75, 3.05) is 11.9 Å². The van der Waals surface area contributed by atoms with Crippen LogP contribution >= 0.6 is 34.2 Å². The molecule has 25 heavy (non-hydrogen) atoms. The van der Waals surface area contributed by atoms with E-state index in [4.69, 9.17) is 16.7 Å². The number of hydrogen-bond donors (Lipinski definition) is 1. The smallest absolute Gasteiger partial charge is 0.133 e. The van der Waals surface area contributed by atoms with Crippen molar-refractivity contribution in [1.82, 2.24) is 9.78 Å². The van der Waals surface area contributed by atoms with Crippen LogP contribution in [-0.4, -0.2) is 16.3 Å². The van der Waals surface area contributed by atoms with Crippen molar-refractivity contribution in [3.05, 3.63) is 62.4 Å². The fourth-order valence-electron chi connectivity index (χ4n) is 3.17. The monoisotopic (exact) mass is 467 g/mol. The summed E-state index contributed by atoms with van der Waals surface area (Å²) in [5.41, 5.74) is 3.74. The topological polar surface area (TPSA) is 29.9 Å². The van der Waals surface area contributed by atoms with Gasteiger partial charge in [0.25, 0.3) is 0 Å². The van der Waals surface area contributed by atoms with Gasteiger partial charge in [-0.3, -0.25) is 0 Å². The van der Waals surface area contributed by atoms with E-state index in [2.05, 4.69) is 52.2 Å². The van der Waals surface area contributed by atoms with E-state index in [1.54, 1.807) is 6.07 Å². The third-order valence-electron chi connectivity index (χ3n) is 4.39. The lowest BCUT2D eigenvalue weighted by molar-refractivity contribution is 0.628. The first-order chi connectivity index (χ1) is 12.1. The molecule has 3 aromatic rings. The molecule has 3 nitrogen and oxygen atoms in total. The summed E-state index contributed by atoms with van der Waals surface area (Å²) in [6.07, 6.45) is 3.12. The minimum atomic E-state index is -0.338. The summed E-state index contributed by atoms with van der Waals surface area (Å²) in [7, 11) is 0. The zero-order valence-corrected chi connectivity index (χ0v) is 16.3. The number of benzene rings is 2. The first-order valence-corrected chi connectivity index (χ1v) is 9.66. The molecule has 2 aromatic carbocycles. The van der Waals surface area contributed by atoms with Gasteiger partial charge in [0.15, 0.2) is 0 Å². The van der Waals surface area contributed by atoms with Crippen molar-refractivity contribution in [3.8, 4) is 16.9 Å². The summed E-state index contributed by atoms with van der Waals surface area (Å²) in [5, 5.41) is 8.74. The van der Waals surface area contributed by atoms with Gasteiger partial charge in [-0.15, -0.1) is 0 Å². The van der Waals surface area contributed by atoms with Crippen molar-refractivity contribution in [1.29, 1.82) is 0 Å². The van der Waals surface area contributed by atoms with E-state index in [0.717, 1.165) is 54.1 Å². The molecule has 1 aromatic heterocycles. The van der Waals surface area contributed by atoms with E-state index in [-0.39, 0.29) is 5.82 Å². The molecular weight excluding hydrogens is 452 g/mol. The molecule has 0 saturated carbocycles. The fourth-order valence-corrected chi connectivity index (χ4v) is 3.79. The maximum absolute atomic E-state index is 13.5. The molecule has 1 aliphatic heterocycles. The van der Waals surface area contributed by atoms with Gasteiger partial charge < -0.3 is 5.32 Å². The number of rotatable bonds is 2. The number of fused-ring (bicyclic) bond motifs is 1. The largest absolute Gasteiger partial charge is 0.370 e. The van der Waals surface area contributed by atoms with E-state index in [1.807, 2.05) is 4.68 Å². The molecule has 128 valence electrons. The van der Waals surface area contributed by atoms with Crippen molar-refractivity contribution in [3.63, 3.8) is 0 Å². The molecule has 0 bridgehead atoms. The Morgan fingerprint density at radius 1 is 1.12 bits per heavy atom. The van der Waals surface area contributed by atoms with Crippen LogP contribution in [0.3, 0.4) is 0 Å². The van der Waals surface area contributed by atoms with Gasteiger partial charge in [-0.2, -0.15) is 5.10 Å². The predicted molar refractivity (Wildman–Crippen MR) is 108 cm³/mol. The van der Waals surface area contributed by atoms with Crippen molar-refractivity contribution in [2.45, 2.75) is 19.3 Å². The minimum absolute atomic E-state index is 0.338. The van der Waals surface area contributed by atoms with Crippen molar-refractivity contribution >= 4 is 40.0 Å². The molecule has 0 saturated heterocycles. The molecule has 0 spiro atoms. The van der Waals surface area contributed by atoms with Crippen LogP contribution in [0, 0.1) is 9.39 Å². The number of hydrogen-bond acceptors (Lipinski definition) is 2. The highest BCUT2D eigenvalue weighted by atomic mass is 127. The quantitative estimate of drug-likeness (QED) is 0.491. The third-order valence-corrected chi connectivity index (χ3v) is 5.42. The number of anilines is 1. The Morgan fingerprint density at radius 2 is 1.92 bits per heavy atom. The maximum Gasteiger partial charge on any atom is 0.133 e. The van der Waals surface area contributed by atoms with Gasteiger partial charge in [0.2, 0.25) is 0 Å². The number of aromatic nitrogens is 2. The first kappa shape index (κ1) is 16.8. The molecule has 1 aliphatic rings. The van der Waals surface area contributed by atoms with Gasteiger partial charge in [0.1, 0.15) is 11.6 Å². The summed E-state index contributed by atoms with van der Waals surface area (Å²) >= 11 is 8.60. The maximum atomic E-state index is 13.5. The van der Waals surface area contributed by atoms with E-state index >= 15 is 0 Å². The summed E-state index contributed by atoms with van der Waals surface area (Å²) < 4.78 is 16.6. The summed E-state index contributed by atoms with van der Waals surface area (Å²) in [4.78, 5) is 0. The van der Waals surface area contributed by atoms with E-state index in [1.165, 1.54) is 15.7 Å². The van der Waals surface area contributed by atoms with Crippen molar-refractivity contribution in [2.24, 2.45) is 0 Å². The van der Waals surface area contributed by atoms with Crippen LogP contribution in [0.1, 0.15) is 18.4 Å². The third kappa shape index (κ3) is 3.27. The normalized spacial score (nSPS) is 13.9. The Kier molecular flexibility index (Phi) is 4.69. The Labute approximate surface area is 164 Å². The number of nitrogens with zero attached hydrogens (tertiary/aromatic N) is 2. The minimum Gasteiger partial charge on any atom is -0.370 e. The lowest BCUT2D eigenvalue weighted by atomic mass is 10.0. The van der Waals surface area contributed by atoms with Gasteiger partial charge in [-0.05, 0) is 84.3 Å². The van der Waals surface area contributed by atoms with Gasteiger partial charge in [-0.1, -0.05) is 11.6 Å². The van der Waals surface area contributed by atoms with Gasteiger partial charge >= 0.3 is 0 Å². The van der Waals surface area contributed by atoms with Gasteiger partial charge in [0.05, 0.1) is 16.4 Å². The molecular formula is C19H16ClFIN3. The Balaban J connectivity index is 1.91. The molecule has 0 aliphatic carbocycles. The van der Waals surface area contributed by atoms with Crippen LogP contribution in [0.25, 0.3) is 16.9 Å². The zero-order valence-electron chi connectivity index (χ0n) is 13.4. The van der Waals surface area contributed by atoms with Crippen molar-refractivity contribution < 1.29 is 4.39 Å². The molecule has 6 heteroatoms. The summed E-state index contributed by atoms with van der Waals surface area (Å²) in [6, 6.07) is 12.7. The fraction of sp³-hybridized carbons (Fsp3) is 0.211. The highest BCUT2D eigenvalue weighted by Crippen LogP contribution is 2.37. The van der Waals surface area contributed by atoms with Gasteiger partial charge in [0, 0.05) is 21.2 Å². The molecule has 1 N–H and O–H groups in total. The average molecular weight is 468 g/mol. The van der Waals surface area contributed by atoms with Gasteiger partial charge in [-0.25, -0.2) is 9.07 Å². The van der Waals surface area contributed by atoms with Crippen LogP contribution in [0.4, 0.5) is 10.2 Å². The highest BCUT2D eigenvalue weighted by molar-refractivity contribution is 14.1.